The molecule has 90 valence electrons. The summed E-state index contributed by atoms with van der Waals surface area (Å²) in [5, 5.41) is 0. The molecule has 0 amide bonds. The first kappa shape index (κ1) is 13.7. The summed E-state index contributed by atoms with van der Waals surface area (Å²) in [7, 11) is -3.35. The molecule has 1 atom stereocenters. The van der Waals surface area contributed by atoms with Crippen LogP contribution in [-0.4, -0.2) is 19.8 Å². The second-order valence-electron chi connectivity index (χ2n) is 3.78. The Balaban J connectivity index is 2.71. The van der Waals surface area contributed by atoms with Crippen LogP contribution in [0.5, 0.6) is 0 Å². The third kappa shape index (κ3) is 4.23. The zero-order valence-electron chi connectivity index (χ0n) is 9.40. The predicted octanol–water partition coefficient (Wildman–Crippen LogP) is 2.45. The molecule has 3 nitrogen and oxygen atoms in total. The lowest BCUT2D eigenvalue weighted by Gasteiger charge is -2.08. The van der Waals surface area contributed by atoms with Crippen LogP contribution in [0.4, 0.5) is 0 Å². The summed E-state index contributed by atoms with van der Waals surface area (Å²) in [5.74, 6) is 0. The topological polar surface area (TPSA) is 46.2 Å². The van der Waals surface area contributed by atoms with Crippen molar-refractivity contribution in [3.8, 4) is 0 Å². The standard InChI is InChI=1S/C11H16BrNO2S/c1-9-4-3-5-11(8-9)16(14,15)13-7-6-10(2)12/h3-5,8,10,13H,6-7H2,1-2H3. The minimum Gasteiger partial charge on any atom is -0.211 e. The van der Waals surface area contributed by atoms with Gasteiger partial charge < -0.3 is 0 Å². The van der Waals surface area contributed by atoms with Crippen LogP contribution in [0.2, 0.25) is 0 Å². The van der Waals surface area contributed by atoms with Gasteiger partial charge in [-0.2, -0.15) is 0 Å². The molecular formula is C11H16BrNO2S. The van der Waals surface area contributed by atoms with Crippen LogP contribution in [0.3, 0.4) is 0 Å². The molecule has 1 aromatic carbocycles. The first-order valence-electron chi connectivity index (χ1n) is 5.12. The third-order valence-corrected chi connectivity index (χ3v) is 4.05. The maximum Gasteiger partial charge on any atom is 0.240 e. The van der Waals surface area contributed by atoms with Gasteiger partial charge in [-0.25, -0.2) is 13.1 Å². The Kier molecular flexibility index (Phi) is 4.95. The van der Waals surface area contributed by atoms with E-state index in [0.29, 0.717) is 16.3 Å². The highest BCUT2D eigenvalue weighted by Gasteiger charge is 2.13. The summed E-state index contributed by atoms with van der Waals surface area (Å²) < 4.78 is 26.3. The zero-order valence-corrected chi connectivity index (χ0v) is 11.8. The minimum atomic E-state index is -3.35. The molecule has 16 heavy (non-hydrogen) atoms. The number of benzene rings is 1. The van der Waals surface area contributed by atoms with Crippen molar-refractivity contribution in [2.24, 2.45) is 0 Å². The van der Waals surface area contributed by atoms with Crippen molar-refractivity contribution in [1.29, 1.82) is 0 Å². The maximum absolute atomic E-state index is 11.8. The zero-order chi connectivity index (χ0) is 12.2. The van der Waals surface area contributed by atoms with E-state index in [1.54, 1.807) is 18.2 Å². The number of aryl methyl sites for hydroxylation is 1. The normalized spacial score (nSPS) is 13.7. The highest BCUT2D eigenvalue weighted by molar-refractivity contribution is 9.09. The molecule has 0 radical (unpaired) electrons. The Morgan fingerprint density at radius 2 is 2.12 bits per heavy atom. The van der Waals surface area contributed by atoms with Gasteiger partial charge in [0.2, 0.25) is 10.0 Å². The highest BCUT2D eigenvalue weighted by Crippen LogP contribution is 2.11. The lowest BCUT2D eigenvalue weighted by atomic mass is 10.2. The van der Waals surface area contributed by atoms with Crippen molar-refractivity contribution in [2.75, 3.05) is 6.54 Å². The number of hydrogen-bond donors (Lipinski definition) is 1. The molecule has 0 aliphatic rings. The van der Waals surface area contributed by atoms with E-state index in [1.807, 2.05) is 19.9 Å². The summed E-state index contributed by atoms with van der Waals surface area (Å²) in [6.45, 7) is 4.31. The fourth-order valence-electron chi connectivity index (χ4n) is 1.26. The summed E-state index contributed by atoms with van der Waals surface area (Å²) in [4.78, 5) is 0.641. The number of alkyl halides is 1. The van der Waals surface area contributed by atoms with Crippen LogP contribution in [-0.2, 0) is 10.0 Å². The molecule has 0 aliphatic heterocycles. The lowest BCUT2D eigenvalue weighted by molar-refractivity contribution is 0.579. The second-order valence-corrected chi connectivity index (χ2v) is 7.11. The van der Waals surface area contributed by atoms with Crippen LogP contribution in [0.25, 0.3) is 0 Å². The van der Waals surface area contributed by atoms with E-state index in [2.05, 4.69) is 20.7 Å². The maximum atomic E-state index is 11.8. The predicted molar refractivity (Wildman–Crippen MR) is 69.4 cm³/mol. The Bertz CT molecular complexity index is 443. The largest absolute Gasteiger partial charge is 0.240 e. The lowest BCUT2D eigenvalue weighted by Crippen LogP contribution is -2.26. The van der Waals surface area contributed by atoms with E-state index in [-0.39, 0.29) is 0 Å². The number of hydrogen-bond acceptors (Lipinski definition) is 2. The average Bonchev–Trinajstić information content (AvgIpc) is 2.16. The van der Waals surface area contributed by atoms with E-state index in [0.717, 1.165) is 12.0 Å². The molecular weight excluding hydrogens is 290 g/mol. The number of rotatable bonds is 5. The Morgan fingerprint density at radius 1 is 1.44 bits per heavy atom. The molecule has 0 heterocycles. The van der Waals surface area contributed by atoms with Gasteiger partial charge in [0.1, 0.15) is 0 Å². The average molecular weight is 306 g/mol. The van der Waals surface area contributed by atoms with Gasteiger partial charge >= 0.3 is 0 Å². The van der Waals surface area contributed by atoms with Gasteiger partial charge in [0.05, 0.1) is 4.90 Å². The molecule has 0 aromatic heterocycles. The van der Waals surface area contributed by atoms with Gasteiger partial charge in [-0.1, -0.05) is 35.0 Å². The Labute approximate surface area is 105 Å². The molecule has 0 spiro atoms. The van der Waals surface area contributed by atoms with Crippen molar-refractivity contribution >= 4 is 26.0 Å². The monoisotopic (exact) mass is 305 g/mol. The van der Waals surface area contributed by atoms with Crippen LogP contribution in [0, 0.1) is 6.92 Å². The number of halogens is 1. The quantitative estimate of drug-likeness (QED) is 0.849. The smallest absolute Gasteiger partial charge is 0.211 e. The molecule has 0 bridgehead atoms. The third-order valence-electron chi connectivity index (χ3n) is 2.13. The molecule has 1 rings (SSSR count). The molecule has 1 aromatic rings. The number of nitrogens with one attached hydrogen (secondary N) is 1. The number of sulfonamides is 1. The van der Waals surface area contributed by atoms with Crippen molar-refractivity contribution in [2.45, 2.75) is 30.0 Å². The van der Waals surface area contributed by atoms with Gasteiger partial charge in [-0.05, 0) is 31.0 Å². The van der Waals surface area contributed by atoms with Crippen LogP contribution in [0.15, 0.2) is 29.2 Å². The summed E-state index contributed by atoms with van der Waals surface area (Å²) in [6, 6.07) is 6.89. The van der Waals surface area contributed by atoms with E-state index >= 15 is 0 Å². The Morgan fingerprint density at radius 3 is 2.69 bits per heavy atom. The molecule has 1 N–H and O–H groups in total. The van der Waals surface area contributed by atoms with Gasteiger partial charge in [0.25, 0.3) is 0 Å². The van der Waals surface area contributed by atoms with Gasteiger partial charge in [-0.15, -0.1) is 0 Å². The van der Waals surface area contributed by atoms with Gasteiger partial charge in [-0.3, -0.25) is 0 Å². The molecule has 1 unspecified atom stereocenters. The minimum absolute atomic E-state index is 0.313. The molecule has 0 saturated heterocycles. The van der Waals surface area contributed by atoms with Crippen LogP contribution >= 0.6 is 15.9 Å². The molecule has 5 heteroatoms. The van der Waals surface area contributed by atoms with Gasteiger partial charge in [0, 0.05) is 11.4 Å². The first-order valence-corrected chi connectivity index (χ1v) is 7.52. The van der Waals surface area contributed by atoms with E-state index in [9.17, 15) is 8.42 Å². The van der Waals surface area contributed by atoms with Crippen molar-refractivity contribution in [1.82, 2.24) is 4.72 Å². The fourth-order valence-corrected chi connectivity index (χ4v) is 2.64. The summed E-state index contributed by atoms with van der Waals surface area (Å²) in [5.41, 5.74) is 0.941. The van der Waals surface area contributed by atoms with Crippen molar-refractivity contribution in [3.63, 3.8) is 0 Å². The van der Waals surface area contributed by atoms with E-state index in [4.69, 9.17) is 0 Å². The molecule has 0 fully saturated rings. The van der Waals surface area contributed by atoms with Crippen molar-refractivity contribution < 1.29 is 8.42 Å². The fraction of sp³-hybridized carbons (Fsp3) is 0.455. The van der Waals surface area contributed by atoms with E-state index < -0.39 is 10.0 Å². The Hall–Kier alpha value is -0.390. The van der Waals surface area contributed by atoms with E-state index in [1.165, 1.54) is 0 Å². The molecule has 0 saturated carbocycles. The van der Waals surface area contributed by atoms with Crippen molar-refractivity contribution in [3.05, 3.63) is 29.8 Å². The second kappa shape index (κ2) is 5.80. The van der Waals surface area contributed by atoms with Crippen LogP contribution in [0.1, 0.15) is 18.9 Å². The summed E-state index contributed by atoms with van der Waals surface area (Å²) in [6.07, 6.45) is 0.769. The van der Waals surface area contributed by atoms with Gasteiger partial charge in [0.15, 0.2) is 0 Å². The molecule has 0 aliphatic carbocycles. The SMILES string of the molecule is Cc1cccc(S(=O)(=O)NCCC(C)Br)c1. The first-order chi connectivity index (χ1) is 7.42. The summed E-state index contributed by atoms with van der Waals surface area (Å²) >= 11 is 3.38. The highest BCUT2D eigenvalue weighted by atomic mass is 79.9. The van der Waals surface area contributed by atoms with Crippen LogP contribution < -0.4 is 4.72 Å².